The molecule has 2 aliphatic rings. The highest BCUT2D eigenvalue weighted by Gasteiger charge is 2.37. The van der Waals surface area contributed by atoms with Crippen molar-refractivity contribution >= 4 is 5.82 Å². The van der Waals surface area contributed by atoms with Gasteiger partial charge in [0.25, 0.3) is 0 Å². The maximum Gasteiger partial charge on any atom is 0.183 e. The molecule has 1 aromatic carbocycles. The fraction of sp³-hybridized carbons (Fsp3) is 0.348. The van der Waals surface area contributed by atoms with Crippen molar-refractivity contribution < 1.29 is 4.52 Å². The number of aromatic nitrogens is 3. The highest BCUT2D eigenvalue weighted by molar-refractivity contribution is 5.60. The summed E-state index contributed by atoms with van der Waals surface area (Å²) < 4.78 is 5.65. The molecule has 0 bridgehead atoms. The van der Waals surface area contributed by atoms with Crippen LogP contribution in [0.1, 0.15) is 42.3 Å². The van der Waals surface area contributed by atoms with Crippen molar-refractivity contribution in [1.29, 1.82) is 10.5 Å². The molecule has 0 aliphatic carbocycles. The lowest BCUT2D eigenvalue weighted by atomic mass is 9.91. The van der Waals surface area contributed by atoms with Crippen LogP contribution in [0.3, 0.4) is 0 Å². The summed E-state index contributed by atoms with van der Waals surface area (Å²) >= 11 is 0. The molecule has 3 aromatic rings. The fourth-order valence-corrected chi connectivity index (χ4v) is 4.72. The maximum atomic E-state index is 9.38. The van der Waals surface area contributed by atoms with Gasteiger partial charge in [0.1, 0.15) is 11.8 Å². The predicted octanol–water partition coefficient (Wildman–Crippen LogP) is 3.29. The van der Waals surface area contributed by atoms with E-state index in [1.807, 2.05) is 24.3 Å². The van der Waals surface area contributed by atoms with E-state index in [2.05, 4.69) is 37.1 Å². The Kier molecular flexibility index (Phi) is 5.07. The quantitative estimate of drug-likeness (QED) is 0.646. The molecule has 154 valence electrons. The van der Waals surface area contributed by atoms with E-state index in [0.717, 1.165) is 50.2 Å². The van der Waals surface area contributed by atoms with Crippen LogP contribution in [-0.2, 0) is 0 Å². The van der Waals surface area contributed by atoms with Crippen LogP contribution in [0.4, 0.5) is 5.82 Å². The van der Waals surface area contributed by atoms with Gasteiger partial charge in [-0.05, 0) is 31.4 Å². The van der Waals surface area contributed by atoms with Crippen molar-refractivity contribution in [3.63, 3.8) is 0 Å². The molecule has 0 radical (unpaired) electrons. The molecule has 5 rings (SSSR count). The van der Waals surface area contributed by atoms with Crippen molar-refractivity contribution in [2.24, 2.45) is 0 Å². The van der Waals surface area contributed by atoms with Gasteiger partial charge in [-0.2, -0.15) is 10.5 Å². The molecule has 8 heteroatoms. The zero-order valence-corrected chi connectivity index (χ0v) is 17.0. The zero-order valence-electron chi connectivity index (χ0n) is 17.0. The summed E-state index contributed by atoms with van der Waals surface area (Å²) in [6.45, 7) is 2.47. The monoisotopic (exact) mass is 411 g/mol. The Hall–Kier alpha value is -3.75. The second-order valence-corrected chi connectivity index (χ2v) is 7.93. The lowest BCUT2D eigenvalue weighted by Crippen LogP contribution is -2.56. The Morgan fingerprint density at radius 3 is 2.81 bits per heavy atom. The second-order valence-electron chi connectivity index (χ2n) is 7.93. The van der Waals surface area contributed by atoms with E-state index >= 15 is 0 Å². The molecule has 0 saturated carbocycles. The van der Waals surface area contributed by atoms with E-state index < -0.39 is 0 Å². The smallest absolute Gasteiger partial charge is 0.183 e. The first-order valence-electron chi connectivity index (χ1n) is 10.5. The topological polar surface area (TPSA) is 106 Å². The van der Waals surface area contributed by atoms with Gasteiger partial charge in [-0.3, -0.25) is 4.90 Å². The molecule has 2 atom stereocenters. The van der Waals surface area contributed by atoms with Gasteiger partial charge in [0, 0.05) is 49.7 Å². The number of nitrogens with zero attached hydrogens (tertiary/aromatic N) is 7. The highest BCUT2D eigenvalue weighted by atomic mass is 16.5. The molecule has 8 nitrogen and oxygen atoms in total. The van der Waals surface area contributed by atoms with Crippen molar-refractivity contribution in [3.8, 4) is 23.5 Å². The van der Waals surface area contributed by atoms with Crippen LogP contribution in [0.2, 0.25) is 0 Å². The molecule has 2 fully saturated rings. The normalized spacial score (nSPS) is 21.2. The minimum atomic E-state index is 0.204. The Morgan fingerprint density at radius 2 is 1.94 bits per heavy atom. The van der Waals surface area contributed by atoms with Crippen molar-refractivity contribution in [2.45, 2.75) is 31.3 Å². The standard InChI is InChI=1S/C23H21N7O/c24-13-16-3-1-4-17(11-16)22-12-19(28-31-22)21-6-2-5-18-15-29(9-10-30(18)21)23-20(14-25)26-7-8-27-23/h1,3-4,7-8,11-12,18,21H,2,5-6,9-10,15H2/t18-,21+/m0/s1. The highest BCUT2D eigenvalue weighted by Crippen LogP contribution is 2.37. The minimum absolute atomic E-state index is 0.204. The summed E-state index contributed by atoms with van der Waals surface area (Å²) in [5, 5.41) is 22.9. The largest absolute Gasteiger partial charge is 0.356 e. The summed E-state index contributed by atoms with van der Waals surface area (Å²) in [5.41, 5.74) is 2.78. The fourth-order valence-electron chi connectivity index (χ4n) is 4.72. The number of anilines is 1. The molecule has 2 aromatic heterocycles. The molecule has 2 saturated heterocycles. The first-order valence-corrected chi connectivity index (χ1v) is 10.5. The average Bonchev–Trinajstić information content (AvgIpc) is 3.33. The molecule has 31 heavy (non-hydrogen) atoms. The molecule has 4 heterocycles. The summed E-state index contributed by atoms with van der Waals surface area (Å²) in [6, 6.07) is 14.3. The Labute approximate surface area is 180 Å². The number of hydrogen-bond acceptors (Lipinski definition) is 8. The third kappa shape index (κ3) is 3.63. The first kappa shape index (κ1) is 19.2. The summed E-state index contributed by atoms with van der Waals surface area (Å²) in [6.07, 6.45) is 6.45. The van der Waals surface area contributed by atoms with Crippen LogP contribution in [0.25, 0.3) is 11.3 Å². The van der Waals surface area contributed by atoms with Gasteiger partial charge in [-0.1, -0.05) is 17.3 Å². The van der Waals surface area contributed by atoms with Gasteiger partial charge >= 0.3 is 0 Å². The van der Waals surface area contributed by atoms with E-state index in [-0.39, 0.29) is 6.04 Å². The van der Waals surface area contributed by atoms with Gasteiger partial charge in [0.2, 0.25) is 0 Å². The van der Waals surface area contributed by atoms with Crippen LogP contribution >= 0.6 is 0 Å². The van der Waals surface area contributed by atoms with E-state index in [0.29, 0.717) is 28.9 Å². The molecule has 0 spiro atoms. The number of hydrogen-bond donors (Lipinski definition) is 0. The number of fused-ring (bicyclic) bond motifs is 1. The SMILES string of the molecule is N#Cc1cccc(-c2cc([C@H]3CCC[C@H]4CN(c5nccnc5C#N)CCN43)no2)c1. The van der Waals surface area contributed by atoms with Crippen molar-refractivity contribution in [2.75, 3.05) is 24.5 Å². The second kappa shape index (κ2) is 8.17. The average molecular weight is 411 g/mol. The molecule has 0 amide bonds. The lowest BCUT2D eigenvalue weighted by Gasteiger charge is -2.48. The number of nitriles is 2. The number of rotatable bonds is 3. The van der Waals surface area contributed by atoms with E-state index in [9.17, 15) is 5.26 Å². The first-order chi connectivity index (χ1) is 15.3. The Morgan fingerprint density at radius 1 is 1.03 bits per heavy atom. The van der Waals surface area contributed by atoms with E-state index in [1.165, 1.54) is 0 Å². The van der Waals surface area contributed by atoms with Crippen LogP contribution in [0, 0.1) is 22.7 Å². The van der Waals surface area contributed by atoms with Gasteiger partial charge in [-0.15, -0.1) is 0 Å². The van der Waals surface area contributed by atoms with Gasteiger partial charge in [0.15, 0.2) is 17.3 Å². The number of piperazine rings is 1. The van der Waals surface area contributed by atoms with Crippen LogP contribution in [0.15, 0.2) is 47.2 Å². The van der Waals surface area contributed by atoms with Crippen molar-refractivity contribution in [1.82, 2.24) is 20.0 Å². The van der Waals surface area contributed by atoms with Gasteiger partial charge in [-0.25, -0.2) is 9.97 Å². The molecule has 0 unspecified atom stereocenters. The maximum absolute atomic E-state index is 9.38. The van der Waals surface area contributed by atoms with E-state index in [4.69, 9.17) is 9.78 Å². The number of benzene rings is 1. The summed E-state index contributed by atoms with van der Waals surface area (Å²) in [7, 11) is 0. The van der Waals surface area contributed by atoms with Crippen LogP contribution < -0.4 is 4.90 Å². The molecular weight excluding hydrogens is 390 g/mol. The molecule has 0 N–H and O–H groups in total. The third-order valence-corrected chi connectivity index (χ3v) is 6.17. The predicted molar refractivity (Wildman–Crippen MR) is 113 cm³/mol. The summed E-state index contributed by atoms with van der Waals surface area (Å²) in [5.74, 6) is 1.36. The Bertz CT molecular complexity index is 1170. The van der Waals surface area contributed by atoms with Gasteiger partial charge < -0.3 is 9.42 Å². The summed E-state index contributed by atoms with van der Waals surface area (Å²) in [4.78, 5) is 13.3. The van der Waals surface area contributed by atoms with Crippen LogP contribution in [0.5, 0.6) is 0 Å². The Balaban J connectivity index is 1.36. The van der Waals surface area contributed by atoms with E-state index in [1.54, 1.807) is 18.5 Å². The molecule has 2 aliphatic heterocycles. The lowest BCUT2D eigenvalue weighted by molar-refractivity contribution is 0.0673. The van der Waals surface area contributed by atoms with Crippen LogP contribution in [-0.4, -0.2) is 45.7 Å². The zero-order chi connectivity index (χ0) is 21.2. The number of piperidine rings is 1. The van der Waals surface area contributed by atoms with Gasteiger partial charge in [0.05, 0.1) is 17.7 Å². The molecular formula is C23H21N7O. The van der Waals surface area contributed by atoms with Crippen molar-refractivity contribution in [3.05, 3.63) is 59.7 Å². The third-order valence-electron chi connectivity index (χ3n) is 6.17. The minimum Gasteiger partial charge on any atom is -0.356 e.